The Labute approximate surface area is 127 Å². The van der Waals surface area contributed by atoms with Crippen molar-refractivity contribution >= 4 is 11.6 Å². The van der Waals surface area contributed by atoms with E-state index >= 15 is 0 Å². The van der Waals surface area contributed by atoms with Gasteiger partial charge >= 0.3 is 0 Å². The highest BCUT2D eigenvalue weighted by molar-refractivity contribution is 5.48. The minimum Gasteiger partial charge on any atom is -0.391 e. The maximum Gasteiger partial charge on any atom is 0.136 e. The van der Waals surface area contributed by atoms with Crippen molar-refractivity contribution in [3.8, 4) is 0 Å². The fourth-order valence-corrected chi connectivity index (χ4v) is 2.56. The summed E-state index contributed by atoms with van der Waals surface area (Å²) < 4.78 is 0. The molecule has 3 N–H and O–H groups in total. The number of hydrogen-bond donors (Lipinski definition) is 3. The van der Waals surface area contributed by atoms with Crippen LogP contribution in [0.25, 0.3) is 0 Å². The van der Waals surface area contributed by atoms with Crippen LogP contribution in [0.15, 0.2) is 6.07 Å². The first-order valence-corrected chi connectivity index (χ1v) is 8.22. The topological polar surface area (TPSA) is 70.1 Å². The molecule has 5 heteroatoms. The maximum absolute atomic E-state index is 10.2. The van der Waals surface area contributed by atoms with E-state index in [4.69, 9.17) is 0 Å². The molecule has 0 radical (unpaired) electrons. The molecule has 0 aliphatic heterocycles. The molecule has 1 aromatic heterocycles. The van der Waals surface area contributed by atoms with Crippen LogP contribution in [-0.2, 0) is 0 Å². The lowest BCUT2D eigenvalue weighted by atomic mass is 9.97. The summed E-state index contributed by atoms with van der Waals surface area (Å²) in [4.78, 5) is 9.14. The normalized spacial score (nSPS) is 16.0. The average molecular weight is 292 g/mol. The number of aromatic nitrogens is 2. The van der Waals surface area contributed by atoms with Crippen molar-refractivity contribution in [2.75, 3.05) is 23.7 Å². The molecule has 1 aliphatic carbocycles. The molecule has 1 aliphatic rings. The molecule has 1 heterocycles. The van der Waals surface area contributed by atoms with Crippen molar-refractivity contribution < 1.29 is 5.11 Å². The number of nitrogens with zero attached hydrogens (tertiary/aromatic N) is 2. The van der Waals surface area contributed by atoms with Crippen LogP contribution >= 0.6 is 0 Å². The van der Waals surface area contributed by atoms with E-state index in [1.54, 1.807) is 0 Å². The van der Waals surface area contributed by atoms with Gasteiger partial charge in [-0.15, -0.1) is 0 Å². The monoisotopic (exact) mass is 292 g/mol. The summed E-state index contributed by atoms with van der Waals surface area (Å²) in [6, 6.07) is 1.93. The van der Waals surface area contributed by atoms with Crippen molar-refractivity contribution in [1.29, 1.82) is 0 Å². The third-order valence-corrected chi connectivity index (χ3v) is 4.13. The number of nitrogens with one attached hydrogen (secondary N) is 2. The highest BCUT2D eigenvalue weighted by atomic mass is 16.3. The Morgan fingerprint density at radius 3 is 2.29 bits per heavy atom. The molecule has 1 saturated carbocycles. The summed E-state index contributed by atoms with van der Waals surface area (Å²) in [5.41, 5.74) is 0. The van der Waals surface area contributed by atoms with Crippen LogP contribution in [0.3, 0.4) is 0 Å². The van der Waals surface area contributed by atoms with Crippen LogP contribution in [0.1, 0.15) is 58.2 Å². The number of rotatable bonds is 9. The van der Waals surface area contributed by atoms with E-state index in [-0.39, 0.29) is 6.10 Å². The van der Waals surface area contributed by atoms with Gasteiger partial charge in [0.1, 0.15) is 17.5 Å². The van der Waals surface area contributed by atoms with Crippen LogP contribution in [0.5, 0.6) is 0 Å². The van der Waals surface area contributed by atoms with E-state index in [1.807, 2.05) is 6.07 Å². The SMILES string of the molecule is CCNc1cc(NCC(O)C(CC)CC)nc(C2CC2)n1. The summed E-state index contributed by atoms with van der Waals surface area (Å²) in [5.74, 6) is 3.47. The van der Waals surface area contributed by atoms with Crippen molar-refractivity contribution in [2.45, 2.75) is 58.5 Å². The van der Waals surface area contributed by atoms with E-state index < -0.39 is 0 Å². The van der Waals surface area contributed by atoms with E-state index in [9.17, 15) is 5.11 Å². The Hall–Kier alpha value is -1.36. The second kappa shape index (κ2) is 7.59. The third kappa shape index (κ3) is 4.56. The highest BCUT2D eigenvalue weighted by Gasteiger charge is 2.27. The van der Waals surface area contributed by atoms with Gasteiger partial charge in [0.2, 0.25) is 0 Å². The van der Waals surface area contributed by atoms with E-state index in [2.05, 4.69) is 41.4 Å². The van der Waals surface area contributed by atoms with Gasteiger partial charge in [-0.3, -0.25) is 0 Å². The predicted molar refractivity (Wildman–Crippen MR) is 86.7 cm³/mol. The summed E-state index contributed by atoms with van der Waals surface area (Å²) in [7, 11) is 0. The molecular weight excluding hydrogens is 264 g/mol. The molecule has 0 aromatic carbocycles. The smallest absolute Gasteiger partial charge is 0.136 e. The van der Waals surface area contributed by atoms with Crippen molar-refractivity contribution in [3.05, 3.63) is 11.9 Å². The van der Waals surface area contributed by atoms with Crippen molar-refractivity contribution in [3.63, 3.8) is 0 Å². The fraction of sp³-hybridized carbons (Fsp3) is 0.750. The number of hydrogen-bond acceptors (Lipinski definition) is 5. The molecule has 0 amide bonds. The summed E-state index contributed by atoms with van der Waals surface area (Å²) in [6.45, 7) is 7.69. The van der Waals surface area contributed by atoms with E-state index in [0.717, 1.165) is 36.8 Å². The van der Waals surface area contributed by atoms with Crippen LogP contribution in [0.2, 0.25) is 0 Å². The maximum atomic E-state index is 10.2. The van der Waals surface area contributed by atoms with Gasteiger partial charge in [0.05, 0.1) is 6.10 Å². The molecule has 1 fully saturated rings. The standard InChI is InChI=1S/C16H28N4O/c1-4-11(5-2)13(21)10-18-15-9-14(17-6-3)19-16(20-15)12-7-8-12/h9,11-13,21H,4-8,10H2,1-3H3,(H2,17,18,19,20). The Morgan fingerprint density at radius 2 is 1.76 bits per heavy atom. The molecular formula is C16H28N4O. The quantitative estimate of drug-likeness (QED) is 0.653. The number of aliphatic hydroxyl groups is 1. The fourth-order valence-electron chi connectivity index (χ4n) is 2.56. The zero-order chi connectivity index (χ0) is 15.2. The Morgan fingerprint density at radius 1 is 1.14 bits per heavy atom. The zero-order valence-electron chi connectivity index (χ0n) is 13.4. The third-order valence-electron chi connectivity index (χ3n) is 4.13. The minimum atomic E-state index is -0.332. The lowest BCUT2D eigenvalue weighted by Crippen LogP contribution is -2.28. The van der Waals surface area contributed by atoms with E-state index in [0.29, 0.717) is 18.4 Å². The molecule has 21 heavy (non-hydrogen) atoms. The average Bonchev–Trinajstić information content (AvgIpc) is 3.31. The van der Waals surface area contributed by atoms with Gasteiger partial charge in [0.25, 0.3) is 0 Å². The van der Waals surface area contributed by atoms with Gasteiger partial charge in [-0.2, -0.15) is 0 Å². The lowest BCUT2D eigenvalue weighted by molar-refractivity contribution is 0.114. The molecule has 5 nitrogen and oxygen atoms in total. The molecule has 1 aromatic rings. The van der Waals surface area contributed by atoms with Crippen LogP contribution in [-0.4, -0.2) is 34.3 Å². The summed E-state index contributed by atoms with van der Waals surface area (Å²) >= 11 is 0. The van der Waals surface area contributed by atoms with Crippen LogP contribution in [0, 0.1) is 5.92 Å². The van der Waals surface area contributed by atoms with Crippen LogP contribution in [0.4, 0.5) is 11.6 Å². The largest absolute Gasteiger partial charge is 0.391 e. The molecule has 118 valence electrons. The molecule has 2 rings (SSSR count). The second-order valence-corrected chi connectivity index (χ2v) is 5.83. The Bertz CT molecular complexity index is 444. The van der Waals surface area contributed by atoms with Crippen molar-refractivity contribution in [2.24, 2.45) is 5.92 Å². The predicted octanol–water partition coefficient (Wildman–Crippen LogP) is 2.99. The van der Waals surface area contributed by atoms with Gasteiger partial charge in [-0.05, 0) is 25.7 Å². The first kappa shape index (κ1) is 16.0. The van der Waals surface area contributed by atoms with E-state index in [1.165, 1.54) is 12.8 Å². The molecule has 0 saturated heterocycles. The van der Waals surface area contributed by atoms with Gasteiger partial charge in [0, 0.05) is 25.1 Å². The summed E-state index contributed by atoms with van der Waals surface area (Å²) in [5, 5.41) is 16.7. The van der Waals surface area contributed by atoms with Gasteiger partial charge in [0.15, 0.2) is 0 Å². The molecule has 1 atom stereocenters. The zero-order valence-corrected chi connectivity index (χ0v) is 13.4. The minimum absolute atomic E-state index is 0.332. The van der Waals surface area contributed by atoms with Crippen LogP contribution < -0.4 is 10.6 Å². The molecule has 0 bridgehead atoms. The lowest BCUT2D eigenvalue weighted by Gasteiger charge is -2.21. The first-order valence-electron chi connectivity index (χ1n) is 8.22. The first-order chi connectivity index (χ1) is 10.2. The molecule has 1 unspecified atom stereocenters. The summed E-state index contributed by atoms with van der Waals surface area (Å²) in [6.07, 6.45) is 4.04. The van der Waals surface area contributed by atoms with Crippen molar-refractivity contribution in [1.82, 2.24) is 9.97 Å². The Balaban J connectivity index is 2.01. The number of aliphatic hydroxyl groups excluding tert-OH is 1. The second-order valence-electron chi connectivity index (χ2n) is 5.83. The molecule has 0 spiro atoms. The van der Waals surface area contributed by atoms with Gasteiger partial charge < -0.3 is 15.7 Å². The Kier molecular flexibility index (Phi) is 5.79. The van der Waals surface area contributed by atoms with Gasteiger partial charge in [-0.25, -0.2) is 9.97 Å². The number of anilines is 2. The van der Waals surface area contributed by atoms with Gasteiger partial charge in [-0.1, -0.05) is 26.7 Å². The highest BCUT2D eigenvalue weighted by Crippen LogP contribution is 2.38.